The van der Waals surface area contributed by atoms with Crippen LogP contribution in [0, 0.1) is 11.8 Å². The Balaban J connectivity index is 1.48. The molecule has 2 saturated carbocycles. The van der Waals surface area contributed by atoms with Crippen molar-refractivity contribution in [2.75, 3.05) is 6.61 Å². The smallest absolute Gasteiger partial charge is 0.131 e. The maximum absolute atomic E-state index is 10.5. The van der Waals surface area contributed by atoms with Crippen molar-refractivity contribution in [1.82, 2.24) is 15.3 Å². The quantitative estimate of drug-likeness (QED) is 0.680. The highest BCUT2D eigenvalue weighted by Gasteiger charge is 2.42. The summed E-state index contributed by atoms with van der Waals surface area (Å²) in [5.74, 6) is 1.43. The van der Waals surface area contributed by atoms with E-state index in [1.165, 1.54) is 12.8 Å². The minimum Gasteiger partial charge on any atom is -0.396 e. The molecule has 2 aliphatic carbocycles. The van der Waals surface area contributed by atoms with E-state index < -0.39 is 6.10 Å². The van der Waals surface area contributed by atoms with Gasteiger partial charge in [0.05, 0.1) is 6.10 Å². The molecule has 2 aliphatic rings. The van der Waals surface area contributed by atoms with Gasteiger partial charge in [0.1, 0.15) is 5.82 Å². The SMILES string of the molecule is OCC1C(O)CC(NCc2ccccc2Cl)C1Cc1ccnc(C2CC2)n1. The fourth-order valence-electron chi connectivity index (χ4n) is 4.17. The van der Waals surface area contributed by atoms with E-state index in [0.29, 0.717) is 18.9 Å². The van der Waals surface area contributed by atoms with Gasteiger partial charge in [0.2, 0.25) is 0 Å². The highest BCUT2D eigenvalue weighted by molar-refractivity contribution is 6.31. The lowest BCUT2D eigenvalue weighted by Crippen LogP contribution is -2.36. The topological polar surface area (TPSA) is 78.3 Å². The summed E-state index contributed by atoms with van der Waals surface area (Å²) in [6.45, 7) is 0.624. The molecule has 4 unspecified atom stereocenters. The molecule has 5 nitrogen and oxygen atoms in total. The largest absolute Gasteiger partial charge is 0.396 e. The number of hydrogen-bond acceptors (Lipinski definition) is 5. The molecular formula is C21H26ClN3O2. The number of hydrogen-bond donors (Lipinski definition) is 3. The molecule has 2 fully saturated rings. The summed E-state index contributed by atoms with van der Waals surface area (Å²) in [7, 11) is 0. The molecule has 0 radical (unpaired) electrons. The number of halogens is 1. The predicted octanol–water partition coefficient (Wildman–Crippen LogP) is 2.70. The van der Waals surface area contributed by atoms with Gasteiger partial charge in [0.25, 0.3) is 0 Å². The molecule has 0 aliphatic heterocycles. The van der Waals surface area contributed by atoms with Crippen molar-refractivity contribution >= 4 is 11.6 Å². The number of benzene rings is 1. The normalized spacial score (nSPS) is 27.8. The highest BCUT2D eigenvalue weighted by atomic mass is 35.5. The Kier molecular flexibility index (Phi) is 5.74. The first-order valence-corrected chi connectivity index (χ1v) is 10.1. The van der Waals surface area contributed by atoms with Crippen LogP contribution in [0.3, 0.4) is 0 Å². The Morgan fingerprint density at radius 3 is 2.70 bits per heavy atom. The molecule has 1 aromatic heterocycles. The molecule has 3 N–H and O–H groups in total. The molecule has 0 amide bonds. The lowest BCUT2D eigenvalue weighted by atomic mass is 9.88. The molecule has 0 spiro atoms. The van der Waals surface area contributed by atoms with Gasteiger partial charge in [-0.25, -0.2) is 9.97 Å². The summed E-state index contributed by atoms with van der Waals surface area (Å²) in [5, 5.41) is 24.6. The number of rotatable bonds is 7. The second kappa shape index (κ2) is 8.23. The standard InChI is InChI=1S/C21H26ClN3O2/c22-18-4-2-1-3-14(18)11-24-19-10-20(27)17(12-26)16(19)9-15-7-8-23-21(25-15)13-5-6-13/h1-4,7-8,13,16-17,19-20,24,26-27H,5-6,9-12H2. The first-order chi connectivity index (χ1) is 13.2. The molecular weight excluding hydrogens is 362 g/mol. The molecule has 27 heavy (non-hydrogen) atoms. The number of nitrogens with zero attached hydrogens (tertiary/aromatic N) is 2. The van der Waals surface area contributed by atoms with Crippen molar-refractivity contribution in [3.63, 3.8) is 0 Å². The van der Waals surface area contributed by atoms with Crippen LogP contribution in [-0.4, -0.2) is 38.9 Å². The lowest BCUT2D eigenvalue weighted by molar-refractivity contribution is 0.0716. The lowest BCUT2D eigenvalue weighted by Gasteiger charge is -2.25. The molecule has 0 saturated heterocycles. The summed E-state index contributed by atoms with van der Waals surface area (Å²) in [4.78, 5) is 9.13. The highest BCUT2D eigenvalue weighted by Crippen LogP contribution is 2.39. The van der Waals surface area contributed by atoms with E-state index in [4.69, 9.17) is 16.6 Å². The second-order valence-electron chi connectivity index (χ2n) is 7.78. The van der Waals surface area contributed by atoms with E-state index in [2.05, 4.69) is 10.3 Å². The van der Waals surface area contributed by atoms with Crippen molar-refractivity contribution < 1.29 is 10.2 Å². The number of aromatic nitrogens is 2. The third kappa shape index (κ3) is 4.32. The third-order valence-corrected chi connectivity index (χ3v) is 6.27. The van der Waals surface area contributed by atoms with Crippen LogP contribution in [0.15, 0.2) is 36.5 Å². The zero-order chi connectivity index (χ0) is 18.8. The summed E-state index contributed by atoms with van der Waals surface area (Å²) in [5.41, 5.74) is 2.03. The molecule has 144 valence electrons. The van der Waals surface area contributed by atoms with Crippen LogP contribution in [0.5, 0.6) is 0 Å². The van der Waals surface area contributed by atoms with Gasteiger partial charge in [-0.05, 0) is 49.3 Å². The summed E-state index contributed by atoms with van der Waals surface area (Å²) < 4.78 is 0. The zero-order valence-corrected chi connectivity index (χ0v) is 16.0. The van der Waals surface area contributed by atoms with E-state index in [1.54, 1.807) is 0 Å². The maximum Gasteiger partial charge on any atom is 0.131 e. The molecule has 1 heterocycles. The van der Waals surface area contributed by atoms with Crippen molar-refractivity contribution in [3.8, 4) is 0 Å². The van der Waals surface area contributed by atoms with Crippen LogP contribution < -0.4 is 5.32 Å². The van der Waals surface area contributed by atoms with Gasteiger partial charge in [-0.3, -0.25) is 0 Å². The molecule has 1 aromatic carbocycles. The molecule has 4 atom stereocenters. The van der Waals surface area contributed by atoms with Gasteiger partial charge in [-0.1, -0.05) is 29.8 Å². The molecule has 4 rings (SSSR count). The van der Waals surface area contributed by atoms with Gasteiger partial charge in [0, 0.05) is 47.9 Å². The summed E-state index contributed by atoms with van der Waals surface area (Å²) in [6.07, 6.45) is 5.03. The van der Waals surface area contributed by atoms with Gasteiger partial charge >= 0.3 is 0 Å². The Bertz CT molecular complexity index is 784. The van der Waals surface area contributed by atoms with Crippen LogP contribution in [0.25, 0.3) is 0 Å². The van der Waals surface area contributed by atoms with Crippen molar-refractivity contribution in [2.24, 2.45) is 11.8 Å². The Hall–Kier alpha value is -1.53. The summed E-state index contributed by atoms with van der Waals surface area (Å²) in [6, 6.07) is 9.84. The Morgan fingerprint density at radius 1 is 1.15 bits per heavy atom. The second-order valence-corrected chi connectivity index (χ2v) is 8.18. The fraction of sp³-hybridized carbons (Fsp3) is 0.524. The molecule has 0 bridgehead atoms. The van der Waals surface area contributed by atoms with E-state index >= 15 is 0 Å². The minimum absolute atomic E-state index is 0.0172. The Morgan fingerprint density at radius 2 is 1.96 bits per heavy atom. The monoisotopic (exact) mass is 387 g/mol. The van der Waals surface area contributed by atoms with Crippen LogP contribution >= 0.6 is 11.6 Å². The number of aliphatic hydroxyl groups is 2. The van der Waals surface area contributed by atoms with Crippen LogP contribution in [0.1, 0.15) is 42.3 Å². The van der Waals surface area contributed by atoms with Crippen LogP contribution in [0.4, 0.5) is 0 Å². The van der Waals surface area contributed by atoms with Gasteiger partial charge in [-0.2, -0.15) is 0 Å². The van der Waals surface area contributed by atoms with Gasteiger partial charge in [0.15, 0.2) is 0 Å². The maximum atomic E-state index is 10.5. The van der Waals surface area contributed by atoms with E-state index in [-0.39, 0.29) is 24.5 Å². The number of aliphatic hydroxyl groups excluding tert-OH is 2. The van der Waals surface area contributed by atoms with E-state index in [1.807, 2.05) is 36.5 Å². The third-order valence-electron chi connectivity index (χ3n) is 5.90. The minimum atomic E-state index is -0.506. The average molecular weight is 388 g/mol. The van der Waals surface area contributed by atoms with Crippen molar-refractivity contribution in [1.29, 1.82) is 0 Å². The van der Waals surface area contributed by atoms with Gasteiger partial charge < -0.3 is 15.5 Å². The van der Waals surface area contributed by atoms with Crippen LogP contribution in [-0.2, 0) is 13.0 Å². The summed E-state index contributed by atoms with van der Waals surface area (Å²) >= 11 is 6.27. The predicted molar refractivity (Wildman–Crippen MR) is 104 cm³/mol. The van der Waals surface area contributed by atoms with E-state index in [0.717, 1.165) is 28.5 Å². The van der Waals surface area contributed by atoms with E-state index in [9.17, 15) is 10.2 Å². The molecule has 2 aromatic rings. The number of nitrogens with one attached hydrogen (secondary N) is 1. The first kappa shape index (κ1) is 18.8. The van der Waals surface area contributed by atoms with Crippen molar-refractivity contribution in [2.45, 2.75) is 50.3 Å². The zero-order valence-electron chi connectivity index (χ0n) is 15.3. The molecule has 6 heteroatoms. The van der Waals surface area contributed by atoms with Crippen LogP contribution in [0.2, 0.25) is 5.02 Å². The first-order valence-electron chi connectivity index (χ1n) is 9.73. The Labute approximate surface area is 164 Å². The average Bonchev–Trinajstić information content (AvgIpc) is 3.47. The van der Waals surface area contributed by atoms with Crippen molar-refractivity contribution in [3.05, 3.63) is 58.6 Å². The fourth-order valence-corrected chi connectivity index (χ4v) is 4.37. The van der Waals surface area contributed by atoms with Gasteiger partial charge in [-0.15, -0.1) is 0 Å².